The number of carbonyl (C=O) groups excluding carboxylic acids is 1. The zero-order valence-electron chi connectivity index (χ0n) is 19.1. The van der Waals surface area contributed by atoms with Gasteiger partial charge in [0, 0.05) is 51.4 Å². The molecule has 1 fully saturated rings. The normalized spacial score (nSPS) is 15.0. The summed E-state index contributed by atoms with van der Waals surface area (Å²) in [6.45, 7) is 8.43. The van der Waals surface area contributed by atoms with Crippen LogP contribution in [0.5, 0.6) is 0 Å². The summed E-state index contributed by atoms with van der Waals surface area (Å²) < 4.78 is 0. The van der Waals surface area contributed by atoms with Crippen molar-refractivity contribution in [3.05, 3.63) is 65.7 Å². The van der Waals surface area contributed by atoms with Crippen molar-refractivity contribution in [3.63, 3.8) is 0 Å². The van der Waals surface area contributed by atoms with Gasteiger partial charge in [-0.1, -0.05) is 42.5 Å². The van der Waals surface area contributed by atoms with Crippen LogP contribution in [-0.2, 0) is 17.8 Å². The number of hydrogen-bond donors (Lipinski definition) is 3. The van der Waals surface area contributed by atoms with Crippen LogP contribution < -0.4 is 16.0 Å². The van der Waals surface area contributed by atoms with E-state index in [1.807, 2.05) is 24.3 Å². The van der Waals surface area contributed by atoms with Crippen LogP contribution in [0, 0.1) is 0 Å². The number of nitrogens with zero attached hydrogens (tertiary/aromatic N) is 2. The van der Waals surface area contributed by atoms with Crippen molar-refractivity contribution >= 4 is 41.5 Å². The van der Waals surface area contributed by atoms with Crippen molar-refractivity contribution in [2.24, 2.45) is 4.99 Å². The number of benzene rings is 2. The van der Waals surface area contributed by atoms with Gasteiger partial charge in [-0.25, -0.2) is 0 Å². The minimum Gasteiger partial charge on any atom is -0.357 e. The van der Waals surface area contributed by atoms with Crippen molar-refractivity contribution in [2.75, 3.05) is 31.5 Å². The molecular weight excluding hydrogens is 513 g/mol. The molecule has 1 saturated heterocycles. The first-order valence-corrected chi connectivity index (χ1v) is 11.3. The maximum absolute atomic E-state index is 11.1. The molecular formula is C25H36IN5O. The Kier molecular flexibility index (Phi) is 11.5. The third kappa shape index (κ3) is 9.16. The molecule has 0 radical (unpaired) electrons. The van der Waals surface area contributed by atoms with Gasteiger partial charge in [0.15, 0.2) is 5.96 Å². The highest BCUT2D eigenvalue weighted by atomic mass is 127. The molecule has 0 saturated carbocycles. The van der Waals surface area contributed by atoms with Crippen LogP contribution in [0.4, 0.5) is 5.69 Å². The Hall–Kier alpha value is -2.13. The van der Waals surface area contributed by atoms with Gasteiger partial charge in [-0.05, 0) is 49.4 Å². The fourth-order valence-corrected chi connectivity index (χ4v) is 3.85. The number of nitrogens with one attached hydrogen (secondary N) is 3. The zero-order valence-corrected chi connectivity index (χ0v) is 21.5. The molecule has 1 aliphatic rings. The number of rotatable bonds is 8. The first kappa shape index (κ1) is 26.1. The van der Waals surface area contributed by atoms with Gasteiger partial charge in [0.25, 0.3) is 0 Å². The van der Waals surface area contributed by atoms with Crippen LogP contribution in [0.25, 0.3) is 0 Å². The lowest BCUT2D eigenvalue weighted by Crippen LogP contribution is -2.48. The average Bonchev–Trinajstić information content (AvgIpc) is 2.77. The molecule has 0 atom stereocenters. The molecule has 0 unspecified atom stereocenters. The molecule has 0 aromatic heterocycles. The van der Waals surface area contributed by atoms with Gasteiger partial charge in [0.05, 0.1) is 0 Å². The Balaban J connectivity index is 0.00000363. The topological polar surface area (TPSA) is 68.8 Å². The SMILES string of the molecule is CCNC(=NCCc1ccc(NC(C)=O)cc1)NC1CCN(Cc2ccccc2)CC1.I. The van der Waals surface area contributed by atoms with Crippen LogP contribution in [0.1, 0.15) is 37.8 Å². The predicted molar refractivity (Wildman–Crippen MR) is 144 cm³/mol. The molecule has 1 heterocycles. The van der Waals surface area contributed by atoms with Gasteiger partial charge in [-0.15, -0.1) is 24.0 Å². The Labute approximate surface area is 209 Å². The highest BCUT2D eigenvalue weighted by Gasteiger charge is 2.20. The zero-order chi connectivity index (χ0) is 21.9. The van der Waals surface area contributed by atoms with Gasteiger partial charge >= 0.3 is 0 Å². The van der Waals surface area contributed by atoms with Gasteiger partial charge < -0.3 is 16.0 Å². The van der Waals surface area contributed by atoms with E-state index in [0.29, 0.717) is 6.04 Å². The highest BCUT2D eigenvalue weighted by molar-refractivity contribution is 14.0. The second-order valence-electron chi connectivity index (χ2n) is 8.07. The molecule has 0 spiro atoms. The average molecular weight is 550 g/mol. The lowest BCUT2D eigenvalue weighted by atomic mass is 10.0. The summed E-state index contributed by atoms with van der Waals surface area (Å²) in [5.41, 5.74) is 3.42. The molecule has 3 N–H and O–H groups in total. The molecule has 2 aromatic carbocycles. The summed E-state index contributed by atoms with van der Waals surface area (Å²) in [7, 11) is 0. The number of aliphatic imine (C=N–C) groups is 1. The Morgan fingerprint density at radius 2 is 1.72 bits per heavy atom. The van der Waals surface area contributed by atoms with E-state index in [1.165, 1.54) is 18.1 Å². The number of anilines is 1. The third-order valence-electron chi connectivity index (χ3n) is 5.47. The number of piperidine rings is 1. The van der Waals surface area contributed by atoms with Crippen LogP contribution in [0.15, 0.2) is 59.6 Å². The fourth-order valence-electron chi connectivity index (χ4n) is 3.85. The Morgan fingerprint density at radius 1 is 1.03 bits per heavy atom. The number of halogens is 1. The van der Waals surface area contributed by atoms with Crippen molar-refractivity contribution in [2.45, 2.75) is 45.7 Å². The van der Waals surface area contributed by atoms with E-state index in [2.05, 4.69) is 58.1 Å². The molecule has 6 nitrogen and oxygen atoms in total. The van der Waals surface area contributed by atoms with Gasteiger partial charge in [0.1, 0.15) is 0 Å². The minimum atomic E-state index is -0.0513. The number of guanidine groups is 1. The quantitative estimate of drug-likeness (QED) is 0.264. The van der Waals surface area contributed by atoms with E-state index in [9.17, 15) is 4.79 Å². The summed E-state index contributed by atoms with van der Waals surface area (Å²) in [5, 5.41) is 9.79. The smallest absolute Gasteiger partial charge is 0.221 e. The maximum atomic E-state index is 11.1. The van der Waals surface area contributed by atoms with E-state index in [1.54, 1.807) is 0 Å². The molecule has 2 aromatic rings. The van der Waals surface area contributed by atoms with Crippen LogP contribution in [-0.4, -0.2) is 49.0 Å². The molecule has 1 amide bonds. The van der Waals surface area contributed by atoms with Crippen molar-refractivity contribution in [1.29, 1.82) is 0 Å². The summed E-state index contributed by atoms with van der Waals surface area (Å²) in [6, 6.07) is 19.1. The second-order valence-corrected chi connectivity index (χ2v) is 8.07. The summed E-state index contributed by atoms with van der Waals surface area (Å²) in [5.74, 6) is 0.850. The predicted octanol–water partition coefficient (Wildman–Crippen LogP) is 4.03. The number of amides is 1. The van der Waals surface area contributed by atoms with E-state index < -0.39 is 0 Å². The fraction of sp³-hybridized carbons (Fsp3) is 0.440. The molecule has 174 valence electrons. The van der Waals surface area contributed by atoms with E-state index in [4.69, 9.17) is 4.99 Å². The standard InChI is InChI=1S/C25H35N5O.HI/c1-3-26-25(27-16-13-21-9-11-23(12-10-21)28-20(2)31)29-24-14-17-30(18-15-24)19-22-7-5-4-6-8-22;/h4-12,24H,3,13-19H2,1-2H3,(H,28,31)(H2,26,27,29);1H. The second kappa shape index (κ2) is 14.1. The Morgan fingerprint density at radius 3 is 2.34 bits per heavy atom. The summed E-state index contributed by atoms with van der Waals surface area (Å²) in [4.78, 5) is 18.4. The van der Waals surface area contributed by atoms with Gasteiger partial charge in [0.2, 0.25) is 5.91 Å². The summed E-state index contributed by atoms with van der Waals surface area (Å²) in [6.07, 6.45) is 3.12. The minimum absolute atomic E-state index is 0. The lowest BCUT2D eigenvalue weighted by Gasteiger charge is -2.33. The highest BCUT2D eigenvalue weighted by Crippen LogP contribution is 2.14. The number of carbonyl (C=O) groups is 1. The third-order valence-corrected chi connectivity index (χ3v) is 5.47. The van der Waals surface area contributed by atoms with Crippen molar-refractivity contribution in [1.82, 2.24) is 15.5 Å². The van der Waals surface area contributed by atoms with Crippen molar-refractivity contribution in [3.8, 4) is 0 Å². The first-order valence-electron chi connectivity index (χ1n) is 11.3. The van der Waals surface area contributed by atoms with Gasteiger partial charge in [-0.2, -0.15) is 0 Å². The molecule has 3 rings (SSSR count). The van der Waals surface area contributed by atoms with Gasteiger partial charge in [-0.3, -0.25) is 14.7 Å². The largest absolute Gasteiger partial charge is 0.357 e. The Bertz CT molecular complexity index is 833. The van der Waals surface area contributed by atoms with E-state index in [-0.39, 0.29) is 29.9 Å². The number of hydrogen-bond acceptors (Lipinski definition) is 3. The lowest BCUT2D eigenvalue weighted by molar-refractivity contribution is -0.114. The molecule has 1 aliphatic heterocycles. The van der Waals surface area contributed by atoms with E-state index in [0.717, 1.165) is 63.6 Å². The van der Waals surface area contributed by atoms with Crippen molar-refractivity contribution < 1.29 is 4.79 Å². The van der Waals surface area contributed by atoms with Crippen LogP contribution in [0.3, 0.4) is 0 Å². The monoisotopic (exact) mass is 549 g/mol. The molecule has 0 aliphatic carbocycles. The van der Waals surface area contributed by atoms with Crippen LogP contribution >= 0.6 is 24.0 Å². The van der Waals surface area contributed by atoms with Crippen LogP contribution in [0.2, 0.25) is 0 Å². The maximum Gasteiger partial charge on any atom is 0.221 e. The molecule has 0 bridgehead atoms. The molecule has 32 heavy (non-hydrogen) atoms. The first-order chi connectivity index (χ1) is 15.1. The van der Waals surface area contributed by atoms with E-state index >= 15 is 0 Å². The summed E-state index contributed by atoms with van der Waals surface area (Å²) >= 11 is 0. The number of likely N-dealkylation sites (tertiary alicyclic amines) is 1. The molecule has 7 heteroatoms.